The second-order valence-corrected chi connectivity index (χ2v) is 6.18. The number of hydrogen-bond donors (Lipinski definition) is 1. The first kappa shape index (κ1) is 15.5. The van der Waals surface area contributed by atoms with Crippen molar-refractivity contribution >= 4 is 0 Å². The first-order valence-corrected chi connectivity index (χ1v) is 7.57. The zero-order valence-electron chi connectivity index (χ0n) is 12.9. The van der Waals surface area contributed by atoms with E-state index in [0.717, 1.165) is 37.3 Å². The molecule has 2 unspecified atom stereocenters. The summed E-state index contributed by atoms with van der Waals surface area (Å²) < 4.78 is 5.52. The van der Waals surface area contributed by atoms with Gasteiger partial charge in [0.15, 0.2) is 0 Å². The quantitative estimate of drug-likeness (QED) is 0.898. The van der Waals surface area contributed by atoms with Crippen LogP contribution in [-0.4, -0.2) is 43.4 Å². The van der Waals surface area contributed by atoms with Crippen LogP contribution in [0.3, 0.4) is 0 Å². The summed E-state index contributed by atoms with van der Waals surface area (Å²) in [5.41, 5.74) is 3.42. The number of aryl methyl sites for hydroxylation is 2. The molecule has 1 aromatic rings. The third-order valence-corrected chi connectivity index (χ3v) is 4.10. The van der Waals surface area contributed by atoms with Crippen LogP contribution in [0, 0.1) is 19.8 Å². The molecule has 1 N–H and O–H groups in total. The van der Waals surface area contributed by atoms with Crippen LogP contribution in [0.25, 0.3) is 0 Å². The minimum atomic E-state index is -0.413. The Morgan fingerprint density at radius 1 is 1.40 bits per heavy atom. The van der Waals surface area contributed by atoms with E-state index in [-0.39, 0.29) is 0 Å². The van der Waals surface area contributed by atoms with Crippen LogP contribution in [0.15, 0.2) is 18.2 Å². The lowest BCUT2D eigenvalue weighted by molar-refractivity contribution is 0.0342. The van der Waals surface area contributed by atoms with Gasteiger partial charge in [0, 0.05) is 19.7 Å². The first-order chi connectivity index (χ1) is 9.56. The Morgan fingerprint density at radius 3 is 2.90 bits per heavy atom. The Hall–Kier alpha value is -0.900. The molecule has 2 rings (SSSR count). The van der Waals surface area contributed by atoms with E-state index in [1.54, 1.807) is 0 Å². The number of aliphatic hydroxyl groups is 1. The highest BCUT2D eigenvalue weighted by atomic mass is 16.5. The Morgan fingerprint density at radius 2 is 2.20 bits per heavy atom. The second-order valence-electron chi connectivity index (χ2n) is 6.18. The number of likely N-dealkylation sites (N-methyl/N-ethyl adjacent to an activating group) is 1. The maximum Gasteiger partial charge on any atom is 0.0919 e. The van der Waals surface area contributed by atoms with Crippen LogP contribution in [-0.2, 0) is 4.74 Å². The second kappa shape index (κ2) is 7.21. The van der Waals surface area contributed by atoms with Crippen molar-refractivity contribution < 1.29 is 9.84 Å². The first-order valence-electron chi connectivity index (χ1n) is 7.57. The molecule has 0 aliphatic carbocycles. The average molecular weight is 277 g/mol. The molecule has 0 aromatic heterocycles. The van der Waals surface area contributed by atoms with Crippen LogP contribution in [0.4, 0.5) is 0 Å². The molecule has 3 heteroatoms. The van der Waals surface area contributed by atoms with E-state index in [1.807, 2.05) is 0 Å². The zero-order chi connectivity index (χ0) is 14.5. The minimum absolute atomic E-state index is 0.413. The van der Waals surface area contributed by atoms with E-state index in [4.69, 9.17) is 4.74 Å². The third kappa shape index (κ3) is 4.30. The van der Waals surface area contributed by atoms with Crippen molar-refractivity contribution in [1.82, 2.24) is 4.90 Å². The summed E-state index contributed by atoms with van der Waals surface area (Å²) in [4.78, 5) is 2.23. The molecule has 1 heterocycles. The van der Waals surface area contributed by atoms with Crippen molar-refractivity contribution in [2.45, 2.75) is 32.8 Å². The molecule has 1 aromatic carbocycles. The minimum Gasteiger partial charge on any atom is -0.387 e. The highest BCUT2D eigenvalue weighted by Gasteiger charge is 2.18. The molecule has 0 radical (unpaired) electrons. The summed E-state index contributed by atoms with van der Waals surface area (Å²) >= 11 is 0. The Kier molecular flexibility index (Phi) is 5.58. The number of rotatable bonds is 5. The van der Waals surface area contributed by atoms with Crippen molar-refractivity contribution in [1.29, 1.82) is 0 Å². The van der Waals surface area contributed by atoms with Gasteiger partial charge in [-0.05, 0) is 50.8 Å². The van der Waals surface area contributed by atoms with E-state index in [9.17, 15) is 5.11 Å². The maximum absolute atomic E-state index is 10.5. The molecule has 1 fully saturated rings. The third-order valence-electron chi connectivity index (χ3n) is 4.10. The molecule has 0 amide bonds. The highest BCUT2D eigenvalue weighted by molar-refractivity contribution is 5.32. The van der Waals surface area contributed by atoms with Crippen LogP contribution in [0.5, 0.6) is 0 Å². The van der Waals surface area contributed by atoms with Crippen LogP contribution < -0.4 is 0 Å². The fourth-order valence-electron chi connectivity index (χ4n) is 2.98. The molecular formula is C17H27NO2. The van der Waals surface area contributed by atoms with Gasteiger partial charge >= 0.3 is 0 Å². The lowest BCUT2D eigenvalue weighted by Crippen LogP contribution is -2.33. The van der Waals surface area contributed by atoms with Gasteiger partial charge in [0.2, 0.25) is 0 Å². The fourth-order valence-corrected chi connectivity index (χ4v) is 2.98. The molecule has 1 aliphatic heterocycles. The van der Waals surface area contributed by atoms with E-state index >= 15 is 0 Å². The maximum atomic E-state index is 10.5. The monoisotopic (exact) mass is 277 g/mol. The summed E-state index contributed by atoms with van der Waals surface area (Å²) in [6.45, 7) is 7.59. The molecule has 0 spiro atoms. The van der Waals surface area contributed by atoms with Gasteiger partial charge in [-0.3, -0.25) is 0 Å². The Labute approximate surface area is 122 Å². The highest BCUT2D eigenvalue weighted by Crippen LogP contribution is 2.21. The summed E-state index contributed by atoms with van der Waals surface area (Å²) in [5, 5.41) is 10.5. The molecular weight excluding hydrogens is 250 g/mol. The normalized spacial score (nSPS) is 21.1. The molecule has 2 atom stereocenters. The summed E-state index contributed by atoms with van der Waals surface area (Å²) in [5.74, 6) is 0.611. The zero-order valence-corrected chi connectivity index (χ0v) is 12.9. The van der Waals surface area contributed by atoms with Crippen molar-refractivity contribution in [3.63, 3.8) is 0 Å². The topological polar surface area (TPSA) is 32.7 Å². The van der Waals surface area contributed by atoms with E-state index in [1.165, 1.54) is 12.0 Å². The van der Waals surface area contributed by atoms with Gasteiger partial charge in [0.25, 0.3) is 0 Å². The van der Waals surface area contributed by atoms with Gasteiger partial charge in [0.1, 0.15) is 0 Å². The summed E-state index contributed by atoms with van der Waals surface area (Å²) in [6.07, 6.45) is 1.99. The summed E-state index contributed by atoms with van der Waals surface area (Å²) in [6, 6.07) is 6.27. The van der Waals surface area contributed by atoms with Crippen LogP contribution in [0.2, 0.25) is 0 Å². The Bertz CT molecular complexity index is 427. The fraction of sp³-hybridized carbons (Fsp3) is 0.647. The van der Waals surface area contributed by atoms with Crippen molar-refractivity contribution in [2.75, 3.05) is 33.4 Å². The standard InChI is InChI=1S/C17H27NO2/c1-13-6-7-14(2)16(9-13)17(19)11-18(3)10-15-5-4-8-20-12-15/h6-7,9,15,17,19H,4-5,8,10-12H2,1-3H3. The predicted molar refractivity (Wildman–Crippen MR) is 81.9 cm³/mol. The molecule has 112 valence electrons. The number of hydrogen-bond acceptors (Lipinski definition) is 3. The molecule has 1 aliphatic rings. The van der Waals surface area contributed by atoms with Gasteiger partial charge in [-0.25, -0.2) is 0 Å². The Balaban J connectivity index is 1.89. The average Bonchev–Trinajstić information content (AvgIpc) is 2.42. The van der Waals surface area contributed by atoms with Gasteiger partial charge < -0.3 is 14.7 Å². The largest absolute Gasteiger partial charge is 0.387 e. The van der Waals surface area contributed by atoms with E-state index in [2.05, 4.69) is 44.0 Å². The van der Waals surface area contributed by atoms with Crippen LogP contribution in [0.1, 0.15) is 35.6 Å². The van der Waals surface area contributed by atoms with Crippen molar-refractivity contribution in [3.8, 4) is 0 Å². The van der Waals surface area contributed by atoms with Crippen molar-refractivity contribution in [3.05, 3.63) is 34.9 Å². The van der Waals surface area contributed by atoms with Gasteiger partial charge in [-0.2, -0.15) is 0 Å². The molecule has 0 bridgehead atoms. The number of aliphatic hydroxyl groups excluding tert-OH is 1. The number of ether oxygens (including phenoxy) is 1. The van der Waals surface area contributed by atoms with Crippen LogP contribution >= 0.6 is 0 Å². The van der Waals surface area contributed by atoms with Gasteiger partial charge in [-0.15, -0.1) is 0 Å². The SMILES string of the molecule is Cc1ccc(C)c(C(O)CN(C)CC2CCCOC2)c1. The van der Waals surface area contributed by atoms with Crippen molar-refractivity contribution in [2.24, 2.45) is 5.92 Å². The molecule has 1 saturated heterocycles. The molecule has 0 saturated carbocycles. The van der Waals surface area contributed by atoms with E-state index in [0.29, 0.717) is 12.5 Å². The summed E-state index contributed by atoms with van der Waals surface area (Å²) in [7, 11) is 2.09. The lowest BCUT2D eigenvalue weighted by Gasteiger charge is -2.28. The smallest absolute Gasteiger partial charge is 0.0919 e. The van der Waals surface area contributed by atoms with Gasteiger partial charge in [0.05, 0.1) is 12.7 Å². The van der Waals surface area contributed by atoms with Gasteiger partial charge in [-0.1, -0.05) is 23.8 Å². The lowest BCUT2D eigenvalue weighted by atomic mass is 9.99. The number of benzene rings is 1. The predicted octanol–water partition coefficient (Wildman–Crippen LogP) is 2.70. The number of nitrogens with zero attached hydrogens (tertiary/aromatic N) is 1. The molecule has 3 nitrogen and oxygen atoms in total. The molecule has 20 heavy (non-hydrogen) atoms. The van der Waals surface area contributed by atoms with E-state index < -0.39 is 6.10 Å².